The molecule has 1 aliphatic rings. The molecule has 1 aromatic carbocycles. The van der Waals surface area contributed by atoms with Gasteiger partial charge >= 0.3 is 0 Å². The molecular formula is C18H26ClN3O2. The first-order valence-electron chi connectivity index (χ1n) is 8.44. The fourth-order valence-electron chi connectivity index (χ4n) is 2.91. The zero-order valence-corrected chi connectivity index (χ0v) is 14.8. The van der Waals surface area contributed by atoms with Crippen molar-refractivity contribution in [3.8, 4) is 0 Å². The van der Waals surface area contributed by atoms with Gasteiger partial charge in [-0.2, -0.15) is 0 Å². The molecular weight excluding hydrogens is 326 g/mol. The smallest absolute Gasteiger partial charge is 0.230 e. The molecule has 1 aromatic rings. The molecule has 1 saturated carbocycles. The highest BCUT2D eigenvalue weighted by Crippen LogP contribution is 2.21. The second kappa shape index (κ2) is 9.04. The minimum atomic E-state index is -0.391. The third-order valence-electron chi connectivity index (χ3n) is 4.51. The van der Waals surface area contributed by atoms with Gasteiger partial charge < -0.3 is 16.2 Å². The van der Waals surface area contributed by atoms with Crippen molar-refractivity contribution in [2.75, 3.05) is 7.05 Å². The van der Waals surface area contributed by atoms with Crippen LogP contribution in [0, 0.1) is 5.92 Å². The van der Waals surface area contributed by atoms with Gasteiger partial charge in [-0.15, -0.1) is 0 Å². The Hall–Kier alpha value is -1.59. The number of aryl methyl sites for hydroxylation is 1. The molecule has 0 radical (unpaired) electrons. The van der Waals surface area contributed by atoms with Crippen molar-refractivity contribution in [1.82, 2.24) is 5.32 Å². The first kappa shape index (κ1) is 18.7. The van der Waals surface area contributed by atoms with Gasteiger partial charge in [-0.3, -0.25) is 9.79 Å². The Morgan fingerprint density at radius 2 is 2.04 bits per heavy atom. The molecule has 132 valence electrons. The van der Waals surface area contributed by atoms with Gasteiger partial charge in [0.1, 0.15) is 5.84 Å². The molecule has 1 aliphatic carbocycles. The Morgan fingerprint density at radius 3 is 2.62 bits per heavy atom. The maximum Gasteiger partial charge on any atom is 0.230 e. The summed E-state index contributed by atoms with van der Waals surface area (Å²) in [5, 5.41) is 13.0. The van der Waals surface area contributed by atoms with Crippen molar-refractivity contribution in [1.29, 1.82) is 0 Å². The van der Waals surface area contributed by atoms with E-state index in [1.54, 1.807) is 7.05 Å². The lowest BCUT2D eigenvalue weighted by atomic mass is 9.88. The second-order valence-electron chi connectivity index (χ2n) is 6.40. The van der Waals surface area contributed by atoms with E-state index in [1.807, 2.05) is 24.3 Å². The Kier molecular flexibility index (Phi) is 7.06. The van der Waals surface area contributed by atoms with Gasteiger partial charge in [0.2, 0.25) is 5.91 Å². The lowest BCUT2D eigenvalue weighted by Gasteiger charge is -2.33. The Bertz CT molecular complexity index is 568. The van der Waals surface area contributed by atoms with E-state index in [4.69, 9.17) is 17.3 Å². The SMILES string of the molecule is CN=C(N)C(CCCCc1ccc(Cl)cc1)C(=O)NC1CC(O)C1. The number of nitrogens with one attached hydrogen (secondary N) is 1. The summed E-state index contributed by atoms with van der Waals surface area (Å²) >= 11 is 5.88. The standard InChI is InChI=1S/C18H26ClN3O2/c1-21-17(20)16(18(24)22-14-10-15(23)11-14)5-3-2-4-12-6-8-13(19)9-7-12/h6-9,14-16,23H,2-5,10-11H2,1H3,(H2,20,21)(H,22,24). The molecule has 0 aromatic heterocycles. The van der Waals surface area contributed by atoms with E-state index >= 15 is 0 Å². The van der Waals surface area contributed by atoms with E-state index < -0.39 is 5.92 Å². The van der Waals surface area contributed by atoms with Crippen LogP contribution >= 0.6 is 11.6 Å². The number of hydrogen-bond acceptors (Lipinski definition) is 3. The molecule has 1 atom stereocenters. The van der Waals surface area contributed by atoms with Crippen LogP contribution in [-0.2, 0) is 11.2 Å². The summed E-state index contributed by atoms with van der Waals surface area (Å²) in [5.74, 6) is -0.0988. The maximum atomic E-state index is 12.4. The molecule has 1 unspecified atom stereocenters. The summed E-state index contributed by atoms with van der Waals surface area (Å²) in [5.41, 5.74) is 7.15. The highest BCUT2D eigenvalue weighted by Gasteiger charge is 2.31. The number of carbonyl (C=O) groups is 1. The van der Waals surface area contributed by atoms with Crippen LogP contribution in [0.2, 0.25) is 5.02 Å². The van der Waals surface area contributed by atoms with Crippen molar-refractivity contribution >= 4 is 23.3 Å². The molecule has 1 fully saturated rings. The Labute approximate surface area is 148 Å². The molecule has 24 heavy (non-hydrogen) atoms. The fourth-order valence-corrected chi connectivity index (χ4v) is 3.03. The molecule has 0 saturated heterocycles. The first-order valence-corrected chi connectivity index (χ1v) is 8.82. The molecule has 0 bridgehead atoms. The van der Waals surface area contributed by atoms with Crippen LogP contribution in [0.25, 0.3) is 0 Å². The van der Waals surface area contributed by atoms with E-state index in [2.05, 4.69) is 10.3 Å². The van der Waals surface area contributed by atoms with Crippen LogP contribution in [0.4, 0.5) is 0 Å². The van der Waals surface area contributed by atoms with Gasteiger partial charge in [0.15, 0.2) is 0 Å². The molecule has 0 heterocycles. The number of aliphatic hydroxyl groups excluding tert-OH is 1. The molecule has 5 nitrogen and oxygen atoms in total. The van der Waals surface area contributed by atoms with Crippen molar-refractivity contribution < 1.29 is 9.90 Å². The zero-order chi connectivity index (χ0) is 17.5. The molecule has 6 heteroatoms. The number of nitrogens with zero attached hydrogens (tertiary/aromatic N) is 1. The number of nitrogens with two attached hydrogens (primary N) is 1. The Morgan fingerprint density at radius 1 is 1.38 bits per heavy atom. The van der Waals surface area contributed by atoms with Crippen LogP contribution in [0.3, 0.4) is 0 Å². The lowest BCUT2D eigenvalue weighted by molar-refractivity contribution is -0.125. The molecule has 1 amide bonds. The van der Waals surface area contributed by atoms with Crippen LogP contribution in [0.15, 0.2) is 29.3 Å². The van der Waals surface area contributed by atoms with Crippen molar-refractivity contribution in [2.24, 2.45) is 16.6 Å². The number of halogens is 1. The predicted octanol–water partition coefficient (Wildman–Crippen LogP) is 2.30. The average Bonchev–Trinajstić information content (AvgIpc) is 2.54. The van der Waals surface area contributed by atoms with E-state index in [-0.39, 0.29) is 18.1 Å². The molecule has 0 spiro atoms. The summed E-state index contributed by atoms with van der Waals surface area (Å²) < 4.78 is 0. The number of amidine groups is 1. The summed E-state index contributed by atoms with van der Waals surface area (Å²) in [4.78, 5) is 16.4. The van der Waals surface area contributed by atoms with Crippen LogP contribution in [0.5, 0.6) is 0 Å². The fraction of sp³-hybridized carbons (Fsp3) is 0.556. The van der Waals surface area contributed by atoms with E-state index in [0.29, 0.717) is 25.1 Å². The number of aliphatic imine (C=N–C) groups is 1. The normalized spacial score (nSPS) is 21.9. The molecule has 4 N–H and O–H groups in total. The van der Waals surface area contributed by atoms with Crippen LogP contribution in [-0.4, -0.2) is 36.0 Å². The number of unbranched alkanes of at least 4 members (excludes halogenated alkanes) is 1. The summed E-state index contributed by atoms with van der Waals surface area (Å²) in [6, 6.07) is 7.89. The molecule has 2 rings (SSSR count). The minimum Gasteiger partial charge on any atom is -0.393 e. The summed E-state index contributed by atoms with van der Waals surface area (Å²) in [6.07, 6.45) is 4.46. The zero-order valence-electron chi connectivity index (χ0n) is 14.0. The maximum absolute atomic E-state index is 12.4. The van der Waals surface area contributed by atoms with Crippen molar-refractivity contribution in [2.45, 2.75) is 50.7 Å². The number of carbonyl (C=O) groups excluding carboxylic acids is 1. The van der Waals surface area contributed by atoms with Gasteiger partial charge in [-0.25, -0.2) is 0 Å². The summed E-state index contributed by atoms with van der Waals surface area (Å²) in [6.45, 7) is 0. The third kappa shape index (κ3) is 5.49. The number of aliphatic hydroxyl groups is 1. The second-order valence-corrected chi connectivity index (χ2v) is 6.84. The van der Waals surface area contributed by atoms with Gasteiger partial charge in [0.05, 0.1) is 12.0 Å². The highest BCUT2D eigenvalue weighted by molar-refractivity contribution is 6.30. The van der Waals surface area contributed by atoms with E-state index in [1.165, 1.54) is 5.56 Å². The van der Waals surface area contributed by atoms with Crippen molar-refractivity contribution in [3.63, 3.8) is 0 Å². The largest absolute Gasteiger partial charge is 0.393 e. The highest BCUT2D eigenvalue weighted by atomic mass is 35.5. The van der Waals surface area contributed by atoms with E-state index in [0.717, 1.165) is 24.3 Å². The van der Waals surface area contributed by atoms with Gasteiger partial charge in [-0.1, -0.05) is 30.2 Å². The number of hydrogen-bond donors (Lipinski definition) is 3. The average molecular weight is 352 g/mol. The number of amides is 1. The van der Waals surface area contributed by atoms with Crippen LogP contribution < -0.4 is 11.1 Å². The first-order chi connectivity index (χ1) is 11.5. The van der Waals surface area contributed by atoms with Gasteiger partial charge in [-0.05, 0) is 49.8 Å². The van der Waals surface area contributed by atoms with Crippen LogP contribution in [0.1, 0.15) is 37.7 Å². The van der Waals surface area contributed by atoms with Gasteiger partial charge in [0.25, 0.3) is 0 Å². The quantitative estimate of drug-likeness (QED) is 0.381. The number of benzene rings is 1. The monoisotopic (exact) mass is 351 g/mol. The number of rotatable bonds is 8. The topological polar surface area (TPSA) is 87.7 Å². The van der Waals surface area contributed by atoms with Gasteiger partial charge in [0, 0.05) is 18.1 Å². The third-order valence-corrected chi connectivity index (χ3v) is 4.76. The predicted molar refractivity (Wildman–Crippen MR) is 97.2 cm³/mol. The minimum absolute atomic E-state index is 0.0636. The summed E-state index contributed by atoms with van der Waals surface area (Å²) in [7, 11) is 1.61. The molecule has 0 aliphatic heterocycles. The van der Waals surface area contributed by atoms with Crippen molar-refractivity contribution in [3.05, 3.63) is 34.9 Å². The Balaban J connectivity index is 1.78. The van der Waals surface area contributed by atoms with E-state index in [9.17, 15) is 9.90 Å². The lowest BCUT2D eigenvalue weighted by Crippen LogP contribution is -2.50.